The Kier molecular flexibility index (Phi) is 2.04. The summed E-state index contributed by atoms with van der Waals surface area (Å²) in [6, 6.07) is 4.05. The van der Waals surface area contributed by atoms with E-state index in [0.717, 1.165) is 5.65 Å². The monoisotopic (exact) mass is 189 g/mol. The highest BCUT2D eigenvalue weighted by molar-refractivity contribution is 5.80. The summed E-state index contributed by atoms with van der Waals surface area (Å²) in [6.45, 7) is 4.31. The van der Waals surface area contributed by atoms with Crippen molar-refractivity contribution >= 4 is 11.0 Å². The van der Waals surface area contributed by atoms with Crippen LogP contribution in [0.3, 0.4) is 0 Å². The molecular weight excluding hydrogens is 174 g/mol. The number of rotatable bonds is 2. The highest BCUT2D eigenvalue weighted by Gasteiger charge is 2.21. The van der Waals surface area contributed by atoms with Crippen molar-refractivity contribution in [1.29, 1.82) is 0 Å². The van der Waals surface area contributed by atoms with Crippen LogP contribution in [0.4, 0.5) is 0 Å². The third kappa shape index (κ3) is 1.30. The summed E-state index contributed by atoms with van der Waals surface area (Å²) in [5.41, 5.74) is 2.18. The standard InChI is InChI=1S/C11H15N3/c1-11(2,12-3)9-7-14-10-8(9)5-4-6-13-10/h4-7,12H,1-3H3,(H,13,14). The van der Waals surface area contributed by atoms with E-state index in [-0.39, 0.29) is 5.54 Å². The molecule has 0 radical (unpaired) electrons. The third-order valence-electron chi connectivity index (χ3n) is 2.75. The maximum Gasteiger partial charge on any atom is 0.137 e. The molecule has 0 saturated heterocycles. The molecule has 2 rings (SSSR count). The van der Waals surface area contributed by atoms with Gasteiger partial charge in [0, 0.05) is 23.3 Å². The summed E-state index contributed by atoms with van der Waals surface area (Å²) in [5.74, 6) is 0. The average molecular weight is 189 g/mol. The van der Waals surface area contributed by atoms with Gasteiger partial charge in [0.1, 0.15) is 5.65 Å². The molecule has 2 N–H and O–H groups in total. The molecular formula is C11H15N3. The Balaban J connectivity index is 2.64. The molecule has 0 fully saturated rings. The minimum atomic E-state index is -0.0265. The maximum absolute atomic E-state index is 4.27. The SMILES string of the molecule is CNC(C)(C)c1c[nH]c2ncccc12. The second-order valence-electron chi connectivity index (χ2n) is 3.98. The van der Waals surface area contributed by atoms with Crippen LogP contribution in [-0.4, -0.2) is 17.0 Å². The molecule has 3 heteroatoms. The summed E-state index contributed by atoms with van der Waals surface area (Å²) in [6.07, 6.45) is 3.82. The lowest BCUT2D eigenvalue weighted by Crippen LogP contribution is -2.32. The number of aromatic amines is 1. The van der Waals surface area contributed by atoms with Crippen LogP contribution < -0.4 is 5.32 Å². The van der Waals surface area contributed by atoms with Crippen molar-refractivity contribution in [1.82, 2.24) is 15.3 Å². The number of aromatic nitrogens is 2. The van der Waals surface area contributed by atoms with Crippen LogP contribution in [0.5, 0.6) is 0 Å². The van der Waals surface area contributed by atoms with Gasteiger partial charge in [-0.3, -0.25) is 0 Å². The molecule has 0 bridgehead atoms. The van der Waals surface area contributed by atoms with Gasteiger partial charge in [0.05, 0.1) is 0 Å². The Morgan fingerprint density at radius 1 is 1.43 bits per heavy atom. The van der Waals surface area contributed by atoms with Crippen LogP contribution in [-0.2, 0) is 5.54 Å². The van der Waals surface area contributed by atoms with Crippen molar-refractivity contribution in [3.8, 4) is 0 Å². The highest BCUT2D eigenvalue weighted by atomic mass is 14.9. The van der Waals surface area contributed by atoms with Crippen molar-refractivity contribution < 1.29 is 0 Å². The van der Waals surface area contributed by atoms with Crippen LogP contribution >= 0.6 is 0 Å². The topological polar surface area (TPSA) is 40.7 Å². The van der Waals surface area contributed by atoms with Gasteiger partial charge in [0.15, 0.2) is 0 Å². The predicted molar refractivity (Wildman–Crippen MR) is 58.2 cm³/mol. The summed E-state index contributed by atoms with van der Waals surface area (Å²) < 4.78 is 0. The third-order valence-corrected chi connectivity index (χ3v) is 2.75. The van der Waals surface area contributed by atoms with E-state index in [4.69, 9.17) is 0 Å². The number of pyridine rings is 1. The molecule has 0 atom stereocenters. The van der Waals surface area contributed by atoms with E-state index in [1.807, 2.05) is 19.3 Å². The molecule has 0 aliphatic heterocycles. The van der Waals surface area contributed by atoms with Gasteiger partial charge >= 0.3 is 0 Å². The number of fused-ring (bicyclic) bond motifs is 1. The van der Waals surface area contributed by atoms with E-state index >= 15 is 0 Å². The normalized spacial score (nSPS) is 12.2. The highest BCUT2D eigenvalue weighted by Crippen LogP contribution is 2.26. The van der Waals surface area contributed by atoms with Crippen molar-refractivity contribution in [3.63, 3.8) is 0 Å². The number of hydrogen-bond acceptors (Lipinski definition) is 2. The molecule has 74 valence electrons. The van der Waals surface area contributed by atoms with Gasteiger partial charge in [-0.1, -0.05) is 0 Å². The number of hydrogen-bond donors (Lipinski definition) is 2. The van der Waals surface area contributed by atoms with Crippen molar-refractivity contribution in [2.45, 2.75) is 19.4 Å². The molecule has 2 heterocycles. The fourth-order valence-electron chi connectivity index (χ4n) is 1.61. The lowest BCUT2D eigenvalue weighted by Gasteiger charge is -2.23. The summed E-state index contributed by atoms with van der Waals surface area (Å²) in [5, 5.41) is 4.47. The van der Waals surface area contributed by atoms with Gasteiger partial charge in [-0.2, -0.15) is 0 Å². The Morgan fingerprint density at radius 3 is 2.93 bits per heavy atom. The molecule has 0 aliphatic carbocycles. The number of nitrogens with one attached hydrogen (secondary N) is 2. The molecule has 2 aromatic heterocycles. The second-order valence-corrected chi connectivity index (χ2v) is 3.98. The Labute approximate surface area is 83.6 Å². The van der Waals surface area contributed by atoms with E-state index < -0.39 is 0 Å². The maximum atomic E-state index is 4.27. The van der Waals surface area contributed by atoms with E-state index in [1.165, 1.54) is 10.9 Å². The van der Waals surface area contributed by atoms with Crippen LogP contribution in [0, 0.1) is 0 Å². The number of nitrogens with zero attached hydrogens (tertiary/aromatic N) is 1. The Hall–Kier alpha value is -1.35. The first kappa shape index (κ1) is 9.21. The lowest BCUT2D eigenvalue weighted by atomic mass is 9.95. The van der Waals surface area contributed by atoms with Gasteiger partial charge < -0.3 is 10.3 Å². The number of H-pyrrole nitrogens is 1. The Morgan fingerprint density at radius 2 is 2.21 bits per heavy atom. The fraction of sp³-hybridized carbons (Fsp3) is 0.364. The fourth-order valence-corrected chi connectivity index (χ4v) is 1.61. The summed E-state index contributed by atoms with van der Waals surface area (Å²) >= 11 is 0. The van der Waals surface area contributed by atoms with Crippen LogP contribution in [0.1, 0.15) is 19.4 Å². The van der Waals surface area contributed by atoms with Crippen molar-refractivity contribution in [3.05, 3.63) is 30.1 Å². The van der Waals surface area contributed by atoms with Gasteiger partial charge in [0.2, 0.25) is 0 Å². The van der Waals surface area contributed by atoms with E-state index in [2.05, 4.69) is 35.2 Å². The van der Waals surface area contributed by atoms with Crippen molar-refractivity contribution in [2.75, 3.05) is 7.05 Å². The zero-order valence-electron chi connectivity index (χ0n) is 8.76. The van der Waals surface area contributed by atoms with Crippen LogP contribution in [0.25, 0.3) is 11.0 Å². The Bertz CT molecular complexity index is 442. The first-order chi connectivity index (χ1) is 6.65. The molecule has 0 spiro atoms. The molecule has 2 aromatic rings. The smallest absolute Gasteiger partial charge is 0.137 e. The van der Waals surface area contributed by atoms with E-state index in [0.29, 0.717) is 0 Å². The minimum absolute atomic E-state index is 0.0265. The average Bonchev–Trinajstić information content (AvgIpc) is 2.61. The second kappa shape index (κ2) is 3.10. The summed E-state index contributed by atoms with van der Waals surface area (Å²) in [7, 11) is 1.97. The van der Waals surface area contributed by atoms with Gasteiger partial charge in [0.25, 0.3) is 0 Å². The van der Waals surface area contributed by atoms with Gasteiger partial charge in [-0.25, -0.2) is 4.98 Å². The molecule has 0 aromatic carbocycles. The van der Waals surface area contributed by atoms with Gasteiger partial charge in [-0.05, 0) is 38.6 Å². The first-order valence-corrected chi connectivity index (χ1v) is 4.76. The molecule has 0 aliphatic rings. The molecule has 14 heavy (non-hydrogen) atoms. The molecule has 0 unspecified atom stereocenters. The van der Waals surface area contributed by atoms with E-state index in [1.54, 1.807) is 6.20 Å². The summed E-state index contributed by atoms with van der Waals surface area (Å²) in [4.78, 5) is 7.44. The van der Waals surface area contributed by atoms with Crippen LogP contribution in [0.15, 0.2) is 24.5 Å². The zero-order chi connectivity index (χ0) is 10.2. The quantitative estimate of drug-likeness (QED) is 0.758. The molecule has 0 amide bonds. The van der Waals surface area contributed by atoms with E-state index in [9.17, 15) is 0 Å². The molecule has 0 saturated carbocycles. The van der Waals surface area contributed by atoms with Crippen LogP contribution in [0.2, 0.25) is 0 Å². The minimum Gasteiger partial charge on any atom is -0.346 e. The lowest BCUT2D eigenvalue weighted by molar-refractivity contribution is 0.448. The largest absolute Gasteiger partial charge is 0.346 e. The predicted octanol–water partition coefficient (Wildman–Crippen LogP) is 2.02. The molecule has 3 nitrogen and oxygen atoms in total. The first-order valence-electron chi connectivity index (χ1n) is 4.76. The van der Waals surface area contributed by atoms with Crippen molar-refractivity contribution in [2.24, 2.45) is 0 Å². The zero-order valence-corrected chi connectivity index (χ0v) is 8.76. The van der Waals surface area contributed by atoms with Gasteiger partial charge in [-0.15, -0.1) is 0 Å².